The average Bonchev–Trinajstić information content (AvgIpc) is 3.48. The number of nitrogens with one attached hydrogen (secondary N) is 1. The van der Waals surface area contributed by atoms with E-state index < -0.39 is 74.5 Å². The summed E-state index contributed by atoms with van der Waals surface area (Å²) in [7, 11) is -2.32. The molecule has 2 aromatic rings. The topological polar surface area (TPSA) is 21.3 Å². The molecule has 3 rings (SSSR count). The minimum absolute atomic E-state index is 0.187. The van der Waals surface area contributed by atoms with Gasteiger partial charge in [-0.15, -0.1) is 10.3 Å². The van der Waals surface area contributed by atoms with Crippen LogP contribution in [0.4, 0.5) is 52.7 Å². The van der Waals surface area contributed by atoms with Crippen LogP contribution in [-0.4, -0.2) is 30.3 Å². The summed E-state index contributed by atoms with van der Waals surface area (Å²) in [5, 5.41) is 3.22. The van der Waals surface area contributed by atoms with Gasteiger partial charge in [-0.3, -0.25) is 0 Å². The van der Waals surface area contributed by atoms with E-state index in [1.54, 1.807) is 20.8 Å². The fourth-order valence-electron chi connectivity index (χ4n) is 4.21. The highest BCUT2D eigenvalue weighted by molar-refractivity contribution is 8.29. The molecule has 1 aliphatic rings. The first-order chi connectivity index (χ1) is 19.2. The monoisotopic (exact) mass is 645 g/mol. The van der Waals surface area contributed by atoms with Gasteiger partial charge in [-0.2, -0.15) is 52.7 Å². The maximum Gasteiger partial charge on any atom is 0.416 e. The summed E-state index contributed by atoms with van der Waals surface area (Å²) in [6.07, 6.45) is -20.5. The van der Waals surface area contributed by atoms with Crippen molar-refractivity contribution in [1.29, 1.82) is 0 Å². The number of benzene rings is 2. The summed E-state index contributed by atoms with van der Waals surface area (Å²) in [5.41, 5.74) is -8.86. The van der Waals surface area contributed by atoms with E-state index in [1.165, 1.54) is 25.9 Å². The molecule has 0 spiro atoms. The average molecular weight is 646 g/mol. The van der Waals surface area contributed by atoms with Crippen LogP contribution in [0.5, 0.6) is 0 Å². The lowest BCUT2D eigenvalue weighted by molar-refractivity contribution is -0.144. The van der Waals surface area contributed by atoms with Crippen LogP contribution in [0, 0.1) is 0 Å². The summed E-state index contributed by atoms with van der Waals surface area (Å²) in [4.78, 5) is 0. The molecule has 1 heterocycles. The minimum atomic E-state index is -5.30. The Labute approximate surface area is 237 Å². The molecule has 1 N–H and O–H groups in total. The molecule has 42 heavy (non-hydrogen) atoms. The smallest absolute Gasteiger partial charge is 0.324 e. The van der Waals surface area contributed by atoms with Gasteiger partial charge in [-0.25, -0.2) is 0 Å². The first-order valence-corrected chi connectivity index (χ1v) is 15.0. The largest absolute Gasteiger partial charge is 0.416 e. The van der Waals surface area contributed by atoms with Crippen molar-refractivity contribution in [3.63, 3.8) is 0 Å². The Balaban J connectivity index is 0.00000111. The molecule has 0 aromatic heterocycles. The molecular formula is C27H31F12NOS. The van der Waals surface area contributed by atoms with Crippen LogP contribution in [0.3, 0.4) is 0 Å². The first-order valence-electron chi connectivity index (χ1n) is 12.9. The van der Waals surface area contributed by atoms with Gasteiger partial charge in [-0.05, 0) is 90.7 Å². The maximum atomic E-state index is 13.5. The minimum Gasteiger partial charge on any atom is -0.324 e. The van der Waals surface area contributed by atoms with Gasteiger partial charge in [0.2, 0.25) is 0 Å². The Morgan fingerprint density at radius 3 is 1.05 bits per heavy atom. The summed E-state index contributed by atoms with van der Waals surface area (Å²) in [6, 6.07) is 0.620. The zero-order valence-corrected chi connectivity index (χ0v) is 23.7. The number of alkyl halides is 12. The quantitative estimate of drug-likeness (QED) is 0.303. The van der Waals surface area contributed by atoms with Crippen LogP contribution in [0.1, 0.15) is 73.1 Å². The Kier molecular flexibility index (Phi) is 11.7. The molecule has 0 unspecified atom stereocenters. The molecule has 2 nitrogen and oxygen atoms in total. The third-order valence-corrected chi connectivity index (χ3v) is 10.4. The second kappa shape index (κ2) is 13.7. The second-order valence-corrected chi connectivity index (χ2v) is 13.3. The lowest BCUT2D eigenvalue weighted by Crippen LogP contribution is -2.20. The van der Waals surface area contributed by atoms with Crippen LogP contribution in [-0.2, 0) is 28.9 Å². The fourth-order valence-corrected chi connectivity index (χ4v) is 6.47. The molecule has 1 saturated heterocycles. The maximum absolute atomic E-state index is 13.5. The van der Waals surface area contributed by atoms with Crippen molar-refractivity contribution in [3.8, 4) is 0 Å². The van der Waals surface area contributed by atoms with E-state index in [0.717, 1.165) is 0 Å². The summed E-state index contributed by atoms with van der Waals surface area (Å²) < 4.78 is 168. The van der Waals surface area contributed by atoms with E-state index in [1.807, 2.05) is 0 Å². The van der Waals surface area contributed by atoms with E-state index in [0.29, 0.717) is 0 Å². The summed E-state index contributed by atoms with van der Waals surface area (Å²) in [5.74, 6) is 0.603. The Hall–Kier alpha value is -2.13. The van der Waals surface area contributed by atoms with E-state index in [2.05, 4.69) is 5.32 Å². The predicted molar refractivity (Wildman–Crippen MR) is 137 cm³/mol. The Bertz CT molecular complexity index is 1010. The molecule has 1 aliphatic heterocycles. The molecule has 0 radical (unpaired) electrons. The van der Waals surface area contributed by atoms with Crippen LogP contribution >= 0.6 is 10.3 Å². The molecule has 240 valence electrons. The number of hydrogen-bond acceptors (Lipinski definition) is 2. The molecule has 0 amide bonds. The van der Waals surface area contributed by atoms with Crippen molar-refractivity contribution < 1.29 is 56.9 Å². The van der Waals surface area contributed by atoms with Crippen molar-refractivity contribution in [2.24, 2.45) is 0 Å². The molecule has 0 bridgehead atoms. The standard InChI is InChI=1S/C23H22F12OS.C4H9N/c1-4-37(5-2,6-3)36-19(13-7-15(20(24,25)26)11-16(8-13)21(27,28)29)14-9-17(22(30,31)32)12-18(10-14)23(33,34)35;1-2-4-5-3-1/h7-12,19H,4-6H2,1-3H3;5H,1-4H2. The zero-order chi connectivity index (χ0) is 32.1. The highest BCUT2D eigenvalue weighted by Crippen LogP contribution is 2.54. The molecule has 15 heteroatoms. The van der Waals surface area contributed by atoms with E-state index in [-0.39, 0.29) is 53.7 Å². The number of hydrogen-bond donors (Lipinski definition) is 1. The summed E-state index contributed by atoms with van der Waals surface area (Å²) >= 11 is 0. The van der Waals surface area contributed by atoms with E-state index in [9.17, 15) is 52.7 Å². The van der Waals surface area contributed by atoms with Crippen molar-refractivity contribution in [2.75, 3.05) is 30.3 Å². The van der Waals surface area contributed by atoms with Gasteiger partial charge < -0.3 is 9.50 Å². The van der Waals surface area contributed by atoms with Gasteiger partial charge in [0.25, 0.3) is 0 Å². The molecule has 2 aromatic carbocycles. The lowest BCUT2D eigenvalue weighted by Gasteiger charge is -2.41. The van der Waals surface area contributed by atoms with Crippen LogP contribution in [0.2, 0.25) is 0 Å². The van der Waals surface area contributed by atoms with Crippen molar-refractivity contribution in [1.82, 2.24) is 5.32 Å². The predicted octanol–water partition coefficient (Wildman–Crippen LogP) is 10.0. The molecule has 0 aliphatic carbocycles. The van der Waals surface area contributed by atoms with Gasteiger partial charge in [0.05, 0.1) is 22.3 Å². The molecule has 0 saturated carbocycles. The van der Waals surface area contributed by atoms with Crippen molar-refractivity contribution >= 4 is 10.3 Å². The zero-order valence-electron chi connectivity index (χ0n) is 22.8. The Morgan fingerprint density at radius 1 is 0.571 bits per heavy atom. The SMILES string of the molecule is C1CCNC1.CCS(CC)(CC)OC(c1cc(C(F)(F)F)cc(C(F)(F)F)c1)c1cc(C(F)(F)F)cc(C(F)(F)F)c1. The number of halogens is 12. The van der Waals surface area contributed by atoms with Crippen molar-refractivity contribution in [2.45, 2.75) is 64.4 Å². The first kappa shape index (κ1) is 36.1. The van der Waals surface area contributed by atoms with Gasteiger partial charge in [0.1, 0.15) is 6.10 Å². The third kappa shape index (κ3) is 9.69. The lowest BCUT2D eigenvalue weighted by atomic mass is 9.94. The Morgan fingerprint density at radius 2 is 0.857 bits per heavy atom. The van der Waals surface area contributed by atoms with Gasteiger partial charge in [0.15, 0.2) is 0 Å². The van der Waals surface area contributed by atoms with E-state index in [4.69, 9.17) is 4.18 Å². The van der Waals surface area contributed by atoms with E-state index >= 15 is 0 Å². The number of rotatable bonds is 7. The molecule has 1 fully saturated rings. The van der Waals surface area contributed by atoms with Crippen LogP contribution < -0.4 is 5.32 Å². The second-order valence-electron chi connectivity index (χ2n) is 9.44. The molecular weight excluding hydrogens is 614 g/mol. The van der Waals surface area contributed by atoms with Gasteiger partial charge in [0, 0.05) is 0 Å². The normalized spacial score (nSPS) is 15.5. The van der Waals surface area contributed by atoms with Crippen molar-refractivity contribution in [3.05, 3.63) is 69.8 Å². The van der Waals surface area contributed by atoms with Crippen LogP contribution in [0.15, 0.2) is 36.4 Å². The molecule has 0 atom stereocenters. The third-order valence-electron chi connectivity index (χ3n) is 6.66. The summed E-state index contributed by atoms with van der Waals surface area (Å²) in [6.45, 7) is 7.29. The van der Waals surface area contributed by atoms with Crippen LogP contribution in [0.25, 0.3) is 0 Å². The fraction of sp³-hybridized carbons (Fsp3) is 0.556. The highest BCUT2D eigenvalue weighted by atomic mass is 32.3. The highest BCUT2D eigenvalue weighted by Gasteiger charge is 2.41. The van der Waals surface area contributed by atoms with Gasteiger partial charge in [-0.1, -0.05) is 20.8 Å². The van der Waals surface area contributed by atoms with Gasteiger partial charge >= 0.3 is 24.7 Å².